The van der Waals surface area contributed by atoms with E-state index in [1.165, 1.54) is 10.9 Å². The van der Waals surface area contributed by atoms with Crippen molar-refractivity contribution in [3.8, 4) is 0 Å². The predicted octanol–water partition coefficient (Wildman–Crippen LogP) is 1.21. The molecule has 2 N–H and O–H groups in total. The van der Waals surface area contributed by atoms with Crippen LogP contribution in [-0.2, 0) is 24.5 Å². The van der Waals surface area contributed by atoms with Gasteiger partial charge >= 0.3 is 0 Å². The molecule has 0 radical (unpaired) electrons. The zero-order valence-electron chi connectivity index (χ0n) is 13.0. The van der Waals surface area contributed by atoms with Crippen LogP contribution >= 0.6 is 0 Å². The molecule has 3 aromatic rings. The lowest BCUT2D eigenvalue weighted by atomic mass is 10.1. The molecular weight excluding hydrogens is 306 g/mol. The van der Waals surface area contributed by atoms with E-state index in [4.69, 9.17) is 0 Å². The third-order valence-electron chi connectivity index (χ3n) is 3.82. The maximum Gasteiger partial charge on any atom is 0.242 e. The molecule has 1 amide bonds. The summed E-state index contributed by atoms with van der Waals surface area (Å²) in [7, 11) is 0. The first-order valence-corrected chi connectivity index (χ1v) is 7.58. The summed E-state index contributed by atoms with van der Waals surface area (Å²) in [4.78, 5) is 24.0. The molecule has 122 valence electrons. The Bertz CT molecular complexity index is 934. The van der Waals surface area contributed by atoms with Crippen molar-refractivity contribution >= 4 is 16.8 Å². The van der Waals surface area contributed by atoms with E-state index >= 15 is 0 Å². The van der Waals surface area contributed by atoms with E-state index in [9.17, 15) is 14.7 Å². The standard InChI is InChI=1S/C18H17N3O3/c22-12-14-6-2-1-5-13(14)9-19-18(24)11-21-16-8-4-3-7-15(16)17(23)10-20-21/h1-8,10,22H,9,11-12H2,(H,19,24). The Balaban J connectivity index is 1.74. The summed E-state index contributed by atoms with van der Waals surface area (Å²) < 4.78 is 1.50. The number of rotatable bonds is 5. The number of para-hydroxylation sites is 1. The van der Waals surface area contributed by atoms with Crippen LogP contribution in [0, 0.1) is 0 Å². The highest BCUT2D eigenvalue weighted by Gasteiger charge is 2.08. The molecule has 0 fully saturated rings. The summed E-state index contributed by atoms with van der Waals surface area (Å²) in [5.41, 5.74) is 2.10. The van der Waals surface area contributed by atoms with Gasteiger partial charge < -0.3 is 10.4 Å². The number of benzene rings is 2. The number of amides is 1. The molecule has 0 saturated carbocycles. The molecule has 0 aliphatic rings. The molecule has 0 aliphatic carbocycles. The topological polar surface area (TPSA) is 84.2 Å². The molecule has 6 nitrogen and oxygen atoms in total. The van der Waals surface area contributed by atoms with Crippen molar-refractivity contribution < 1.29 is 9.90 Å². The lowest BCUT2D eigenvalue weighted by Gasteiger charge is -2.11. The van der Waals surface area contributed by atoms with Gasteiger partial charge in [0.05, 0.1) is 18.3 Å². The number of hydrogen-bond acceptors (Lipinski definition) is 4. The zero-order chi connectivity index (χ0) is 16.9. The van der Waals surface area contributed by atoms with Crippen LogP contribution in [0.1, 0.15) is 11.1 Å². The van der Waals surface area contributed by atoms with Crippen LogP contribution in [-0.4, -0.2) is 20.8 Å². The number of carbonyl (C=O) groups is 1. The van der Waals surface area contributed by atoms with Gasteiger partial charge in [-0.15, -0.1) is 0 Å². The fraction of sp³-hybridized carbons (Fsp3) is 0.167. The highest BCUT2D eigenvalue weighted by molar-refractivity contribution is 5.81. The summed E-state index contributed by atoms with van der Waals surface area (Å²) in [5, 5.41) is 16.7. The molecule has 6 heteroatoms. The first-order valence-electron chi connectivity index (χ1n) is 7.58. The van der Waals surface area contributed by atoms with Crippen molar-refractivity contribution in [3.63, 3.8) is 0 Å². The van der Waals surface area contributed by atoms with Gasteiger partial charge in [0.2, 0.25) is 11.3 Å². The predicted molar refractivity (Wildman–Crippen MR) is 90.2 cm³/mol. The van der Waals surface area contributed by atoms with Gasteiger partial charge in [0.25, 0.3) is 0 Å². The Morgan fingerprint density at radius 3 is 2.58 bits per heavy atom. The van der Waals surface area contributed by atoms with E-state index in [0.717, 1.165) is 11.1 Å². The molecule has 0 atom stereocenters. The van der Waals surface area contributed by atoms with Crippen LogP contribution in [0.25, 0.3) is 10.9 Å². The summed E-state index contributed by atoms with van der Waals surface area (Å²) in [6, 6.07) is 14.4. The molecule has 2 aromatic carbocycles. The summed E-state index contributed by atoms with van der Waals surface area (Å²) in [6.07, 6.45) is 1.22. The van der Waals surface area contributed by atoms with Crippen LogP contribution in [0.5, 0.6) is 0 Å². The molecule has 1 heterocycles. The largest absolute Gasteiger partial charge is 0.392 e. The van der Waals surface area contributed by atoms with Crippen molar-refractivity contribution in [2.24, 2.45) is 0 Å². The van der Waals surface area contributed by atoms with Gasteiger partial charge in [-0.2, -0.15) is 5.10 Å². The number of nitrogens with one attached hydrogen (secondary N) is 1. The van der Waals surface area contributed by atoms with Gasteiger partial charge in [0.15, 0.2) is 0 Å². The second kappa shape index (κ2) is 7.06. The van der Waals surface area contributed by atoms with E-state index in [-0.39, 0.29) is 24.5 Å². The molecule has 0 aliphatic heterocycles. The Kier molecular flexibility index (Phi) is 4.67. The van der Waals surface area contributed by atoms with Crippen molar-refractivity contribution in [3.05, 3.63) is 76.1 Å². The van der Waals surface area contributed by atoms with Crippen molar-refractivity contribution in [1.82, 2.24) is 15.1 Å². The van der Waals surface area contributed by atoms with Gasteiger partial charge in [0, 0.05) is 11.9 Å². The molecule has 0 bridgehead atoms. The molecule has 24 heavy (non-hydrogen) atoms. The summed E-state index contributed by atoms with van der Waals surface area (Å²) >= 11 is 0. The lowest BCUT2D eigenvalue weighted by molar-refractivity contribution is -0.121. The third kappa shape index (κ3) is 3.33. The first kappa shape index (κ1) is 15.9. The van der Waals surface area contributed by atoms with Gasteiger partial charge in [-0.1, -0.05) is 36.4 Å². The molecule has 0 spiro atoms. The summed E-state index contributed by atoms with van der Waals surface area (Å²) in [6.45, 7) is 0.272. The number of carbonyl (C=O) groups excluding carboxylic acids is 1. The highest BCUT2D eigenvalue weighted by atomic mass is 16.3. The fourth-order valence-electron chi connectivity index (χ4n) is 2.56. The van der Waals surface area contributed by atoms with E-state index < -0.39 is 0 Å². The zero-order valence-corrected chi connectivity index (χ0v) is 13.0. The van der Waals surface area contributed by atoms with Crippen LogP contribution in [0.3, 0.4) is 0 Å². The monoisotopic (exact) mass is 323 g/mol. The van der Waals surface area contributed by atoms with E-state index in [1.54, 1.807) is 24.3 Å². The number of aliphatic hydroxyl groups is 1. The third-order valence-corrected chi connectivity index (χ3v) is 3.82. The van der Waals surface area contributed by atoms with Crippen LogP contribution in [0.15, 0.2) is 59.5 Å². The van der Waals surface area contributed by atoms with Crippen LogP contribution in [0.4, 0.5) is 0 Å². The number of aromatic nitrogens is 2. The average molecular weight is 323 g/mol. The molecule has 0 saturated heterocycles. The summed E-state index contributed by atoms with van der Waals surface area (Å²) in [5.74, 6) is -0.218. The minimum absolute atomic E-state index is 0.0160. The first-order chi connectivity index (χ1) is 11.7. The number of fused-ring (bicyclic) bond motifs is 1. The average Bonchev–Trinajstić information content (AvgIpc) is 2.63. The lowest BCUT2D eigenvalue weighted by Crippen LogP contribution is -2.29. The van der Waals surface area contributed by atoms with Gasteiger partial charge in [-0.05, 0) is 23.3 Å². The molecule has 3 rings (SSSR count). The second-order valence-corrected chi connectivity index (χ2v) is 5.39. The SMILES string of the molecule is O=C(Cn1ncc(=O)c2ccccc21)NCc1ccccc1CO. The highest BCUT2D eigenvalue weighted by Crippen LogP contribution is 2.09. The Labute approximate surface area is 138 Å². The van der Waals surface area contributed by atoms with E-state index in [2.05, 4.69) is 10.4 Å². The van der Waals surface area contributed by atoms with Gasteiger partial charge in [-0.25, -0.2) is 0 Å². The number of nitrogens with zero attached hydrogens (tertiary/aromatic N) is 2. The van der Waals surface area contributed by atoms with Crippen LogP contribution < -0.4 is 10.7 Å². The van der Waals surface area contributed by atoms with E-state index in [1.807, 2.05) is 24.3 Å². The van der Waals surface area contributed by atoms with Crippen molar-refractivity contribution in [2.75, 3.05) is 0 Å². The van der Waals surface area contributed by atoms with E-state index in [0.29, 0.717) is 17.4 Å². The quantitative estimate of drug-likeness (QED) is 0.739. The van der Waals surface area contributed by atoms with Gasteiger partial charge in [-0.3, -0.25) is 14.3 Å². The fourth-order valence-corrected chi connectivity index (χ4v) is 2.56. The normalized spacial score (nSPS) is 10.7. The minimum Gasteiger partial charge on any atom is -0.392 e. The Hall–Kier alpha value is -2.99. The smallest absolute Gasteiger partial charge is 0.242 e. The van der Waals surface area contributed by atoms with Gasteiger partial charge in [0.1, 0.15) is 6.54 Å². The van der Waals surface area contributed by atoms with Crippen molar-refractivity contribution in [2.45, 2.75) is 19.7 Å². The number of aliphatic hydroxyl groups excluding tert-OH is 1. The van der Waals surface area contributed by atoms with Crippen molar-refractivity contribution in [1.29, 1.82) is 0 Å². The molecule has 0 unspecified atom stereocenters. The Morgan fingerprint density at radius 2 is 1.79 bits per heavy atom. The maximum absolute atomic E-state index is 12.2. The number of hydrogen-bond donors (Lipinski definition) is 2. The Morgan fingerprint density at radius 1 is 1.08 bits per heavy atom. The maximum atomic E-state index is 12.2. The van der Waals surface area contributed by atoms with Crippen LogP contribution in [0.2, 0.25) is 0 Å². The molecule has 1 aromatic heterocycles. The second-order valence-electron chi connectivity index (χ2n) is 5.39. The minimum atomic E-state index is -0.218. The molecular formula is C18H17N3O3.